The Morgan fingerprint density at radius 2 is 1.25 bits per heavy atom. The van der Waals surface area contributed by atoms with Crippen LogP contribution in [0.1, 0.15) is 0 Å². The molecule has 0 spiro atoms. The molecule has 0 aliphatic heterocycles. The van der Waals surface area contributed by atoms with Crippen LogP contribution in [0.3, 0.4) is 0 Å². The van der Waals surface area contributed by atoms with Crippen LogP contribution in [0.25, 0.3) is 0 Å². The van der Waals surface area contributed by atoms with Gasteiger partial charge in [0.15, 0.2) is 16.4 Å². The predicted molar refractivity (Wildman–Crippen MR) is 17.2 cm³/mol. The Morgan fingerprint density at radius 3 is 1.25 bits per heavy atom. The number of hydrogen-bond donors (Lipinski definition) is 0. The van der Waals surface area contributed by atoms with E-state index in [4.69, 9.17) is 0 Å². The molecule has 0 saturated carbocycles. The second-order valence-electron chi connectivity index (χ2n) is 0. The van der Waals surface area contributed by atoms with E-state index < -0.39 is 0 Å². The molecule has 0 bridgehead atoms. The summed E-state index contributed by atoms with van der Waals surface area (Å²) in [5.41, 5.74) is 0. The predicted octanol–water partition coefficient (Wildman–Crippen LogP) is 0.617. The van der Waals surface area contributed by atoms with Gasteiger partial charge in [0.05, 0.1) is 0 Å². The molecule has 24 valence electrons. The molecule has 0 heterocycles. The summed E-state index contributed by atoms with van der Waals surface area (Å²) >= 11 is 1.44. The van der Waals surface area contributed by atoms with Crippen LogP contribution in [0, 0.1) is 39.9 Å². The fraction of sp³-hybridized carbons (Fsp3) is 0. The van der Waals surface area contributed by atoms with Gasteiger partial charge in [0.2, 0.25) is 0 Å². The monoisotopic (exact) mass is 280 g/mol. The van der Waals surface area contributed by atoms with Gasteiger partial charge in [0, 0.05) is 39.9 Å². The molecule has 0 saturated heterocycles. The molecule has 0 fully saturated rings. The van der Waals surface area contributed by atoms with E-state index >= 15 is 0 Å². The van der Waals surface area contributed by atoms with Crippen molar-refractivity contribution in [2.45, 2.75) is 0 Å². The van der Waals surface area contributed by atoms with Gasteiger partial charge in [-0.3, -0.25) is 0 Å². The van der Waals surface area contributed by atoms with Gasteiger partial charge in [-0.25, -0.2) is 0 Å². The molecule has 0 aromatic carbocycles. The summed E-state index contributed by atoms with van der Waals surface area (Å²) in [6, 6.07) is 0. The summed E-state index contributed by atoms with van der Waals surface area (Å²) in [4.78, 5) is 0. The first kappa shape index (κ1) is 15.9. The molecule has 0 N–H and O–H groups in total. The van der Waals surface area contributed by atoms with Gasteiger partial charge in [-0.2, -0.15) is 3.56 Å². The Hall–Kier alpha value is 2.73. The number of halogens is 2. The van der Waals surface area contributed by atoms with Crippen molar-refractivity contribution in [3.05, 3.63) is 0 Å². The van der Waals surface area contributed by atoms with E-state index in [1.54, 1.807) is 0 Å². The van der Waals surface area contributed by atoms with Crippen molar-refractivity contribution in [2.75, 3.05) is 0 Å². The van der Waals surface area contributed by atoms with Crippen molar-refractivity contribution in [2.24, 2.45) is 0 Å². The van der Waals surface area contributed by atoms with Crippen molar-refractivity contribution >= 4 is 45.9 Å². The quantitative estimate of drug-likeness (QED) is 0.571. The molecule has 4 heavy (non-hydrogen) atoms. The molecule has 0 aromatic heterocycles. The zero-order valence-corrected chi connectivity index (χ0v) is 4.96. The number of rotatable bonds is 0. The summed E-state index contributed by atoms with van der Waals surface area (Å²) in [5.74, 6) is 0. The van der Waals surface area contributed by atoms with Crippen molar-refractivity contribution in [3.63, 3.8) is 0 Å². The second-order valence-corrected chi connectivity index (χ2v) is 0. The molecule has 0 aliphatic carbocycles. The van der Waals surface area contributed by atoms with E-state index in [0.717, 1.165) is 0 Å². The summed E-state index contributed by atoms with van der Waals surface area (Å²) in [6.07, 6.45) is 0. The van der Waals surface area contributed by atoms with Gasteiger partial charge in [-0.1, -0.05) is 0 Å². The van der Waals surface area contributed by atoms with Crippen LogP contribution in [0.5, 0.6) is 0 Å². The topological polar surface area (TPSA) is 0 Å². The minimum absolute atomic E-state index is 0. The Labute approximate surface area is 87.5 Å². The van der Waals surface area contributed by atoms with Crippen molar-refractivity contribution in [3.8, 4) is 0 Å². The van der Waals surface area contributed by atoms with E-state index in [2.05, 4.69) is 0 Å². The van der Waals surface area contributed by atoms with Crippen LogP contribution >= 0.6 is 16.4 Å². The van der Waals surface area contributed by atoms with E-state index in [9.17, 15) is 3.56 Å². The summed E-state index contributed by atoms with van der Waals surface area (Å²) in [6.45, 7) is 0. The molecule has 0 nitrogen and oxygen atoms in total. The fourth-order valence-corrected chi connectivity index (χ4v) is 0. The summed E-state index contributed by atoms with van der Waals surface area (Å²) in [7, 11) is 0. The van der Waals surface area contributed by atoms with E-state index in [0.29, 0.717) is 0 Å². The van der Waals surface area contributed by atoms with Crippen molar-refractivity contribution in [1.82, 2.24) is 0 Å². The van der Waals surface area contributed by atoms with Gasteiger partial charge >= 0.3 is 29.6 Å². The van der Waals surface area contributed by atoms with E-state index in [1.165, 1.54) is 16.4 Å². The van der Waals surface area contributed by atoms with Gasteiger partial charge in [-0.15, -0.1) is 0 Å². The molecule has 0 aromatic rings. The summed E-state index contributed by atoms with van der Waals surface area (Å²) < 4.78 is 9.31. The Balaban J connectivity index is -0.00000000500. The SMILES string of the molecule is FBr.[Gd].[NaH]. The van der Waals surface area contributed by atoms with E-state index in [-0.39, 0.29) is 69.5 Å². The molecule has 0 aliphatic rings. The average molecular weight is 280 g/mol. The Bertz CT molecular complexity index is 8.00. The first-order valence-electron chi connectivity index (χ1n) is 0.143. The molecular weight excluding hydrogens is 279 g/mol. The van der Waals surface area contributed by atoms with Gasteiger partial charge in [-0.05, 0) is 0 Å². The average Bonchev–Trinajstić information content (AvgIpc) is 1.00. The Kier molecular flexibility index (Phi) is 68.2. The third kappa shape index (κ3) is 8.83. The van der Waals surface area contributed by atoms with Crippen LogP contribution in [-0.2, 0) is 0 Å². The van der Waals surface area contributed by atoms with Crippen LogP contribution in [-0.4, -0.2) is 29.6 Å². The third-order valence-corrected chi connectivity index (χ3v) is 0. The van der Waals surface area contributed by atoms with Crippen LogP contribution in [0.4, 0.5) is 3.56 Å². The Morgan fingerprint density at radius 1 is 1.25 bits per heavy atom. The first-order chi connectivity index (χ1) is 1.00. The number of hydrogen-bond acceptors (Lipinski definition) is 0. The van der Waals surface area contributed by atoms with Gasteiger partial charge in [0.25, 0.3) is 0 Å². The molecule has 4 heteroatoms. The maximum atomic E-state index is 9.31. The van der Waals surface area contributed by atoms with E-state index in [1.807, 2.05) is 0 Å². The molecule has 0 radical (unpaired) electrons. The zero-order chi connectivity index (χ0) is 2.00. The standard InChI is InChI=1S/BrF.Gd.Na.H/c1-2;;;. The fourth-order valence-electron chi connectivity index (χ4n) is 0. The normalized spacial score (nSPS) is 1.50. The van der Waals surface area contributed by atoms with Crippen molar-refractivity contribution in [1.29, 1.82) is 0 Å². The molecular formula is HBrFGdNa. The first-order valence-corrected chi connectivity index (χ1v) is 0.742. The van der Waals surface area contributed by atoms with Crippen LogP contribution in [0.15, 0.2) is 0 Å². The van der Waals surface area contributed by atoms with Gasteiger partial charge in [0.1, 0.15) is 0 Å². The van der Waals surface area contributed by atoms with Crippen LogP contribution < -0.4 is 0 Å². The maximum absolute atomic E-state index is 9.31. The van der Waals surface area contributed by atoms with Gasteiger partial charge < -0.3 is 0 Å². The summed E-state index contributed by atoms with van der Waals surface area (Å²) in [5, 5.41) is 0. The zero-order valence-electron chi connectivity index (χ0n) is 1.11. The molecule has 0 atom stereocenters. The third-order valence-electron chi connectivity index (χ3n) is 0. The minimum atomic E-state index is 0. The van der Waals surface area contributed by atoms with Crippen molar-refractivity contribution < 1.29 is 43.5 Å². The second kappa shape index (κ2) is 17.2. The molecule has 0 unspecified atom stereocenters. The molecule has 0 amide bonds. The molecule has 0 rings (SSSR count). The van der Waals surface area contributed by atoms with Crippen LogP contribution in [0.2, 0.25) is 0 Å².